The molecule has 0 N–H and O–H groups in total. The van der Waals surface area contributed by atoms with E-state index in [0.29, 0.717) is 0 Å². The molecule has 1 aromatic heterocycles. The third-order valence-electron chi connectivity index (χ3n) is 2.24. The number of rotatable bonds is 5. The van der Waals surface area contributed by atoms with Crippen LogP contribution in [-0.4, -0.2) is 15.0 Å². The van der Waals surface area contributed by atoms with E-state index in [0.717, 1.165) is 18.7 Å². The normalized spacial score (nSPS) is 10.7. The molecule has 0 aliphatic carbocycles. The Morgan fingerprint density at radius 3 is 2.62 bits per heavy atom. The maximum absolute atomic E-state index is 4.14. The molecular weight excluding hydrogens is 162 g/mol. The summed E-state index contributed by atoms with van der Waals surface area (Å²) < 4.78 is 2.06. The molecule has 1 aromatic rings. The van der Waals surface area contributed by atoms with Gasteiger partial charge in [0.05, 0.1) is 11.4 Å². The maximum Gasteiger partial charge on any atom is 0.0828 e. The van der Waals surface area contributed by atoms with E-state index < -0.39 is 0 Å². The zero-order valence-corrected chi connectivity index (χ0v) is 8.88. The molecule has 0 spiro atoms. The van der Waals surface area contributed by atoms with Crippen molar-refractivity contribution in [2.24, 2.45) is 0 Å². The van der Waals surface area contributed by atoms with Crippen molar-refractivity contribution in [2.45, 2.75) is 53.0 Å². The number of hydrogen-bond donors (Lipinski definition) is 0. The first-order chi connectivity index (χ1) is 6.29. The highest BCUT2D eigenvalue weighted by molar-refractivity contribution is 5.07. The van der Waals surface area contributed by atoms with Gasteiger partial charge in [0.2, 0.25) is 0 Å². The first-order valence-electron chi connectivity index (χ1n) is 5.18. The Morgan fingerprint density at radius 2 is 2.00 bits per heavy atom. The SMILES string of the molecule is CCCCn1nnc(C)c1CCC. The lowest BCUT2D eigenvalue weighted by Crippen LogP contribution is -2.05. The van der Waals surface area contributed by atoms with Gasteiger partial charge in [-0.2, -0.15) is 0 Å². The van der Waals surface area contributed by atoms with Crippen LogP contribution in [0.3, 0.4) is 0 Å². The monoisotopic (exact) mass is 181 g/mol. The van der Waals surface area contributed by atoms with Gasteiger partial charge in [0.1, 0.15) is 0 Å². The van der Waals surface area contributed by atoms with Crippen molar-refractivity contribution in [2.75, 3.05) is 0 Å². The molecule has 0 saturated heterocycles. The smallest absolute Gasteiger partial charge is 0.0828 e. The van der Waals surface area contributed by atoms with Crippen molar-refractivity contribution in [1.82, 2.24) is 15.0 Å². The van der Waals surface area contributed by atoms with Crippen molar-refractivity contribution >= 4 is 0 Å². The van der Waals surface area contributed by atoms with Gasteiger partial charge in [-0.1, -0.05) is 31.9 Å². The Labute approximate surface area is 80.1 Å². The summed E-state index contributed by atoms with van der Waals surface area (Å²) in [7, 11) is 0. The van der Waals surface area contributed by atoms with E-state index in [4.69, 9.17) is 0 Å². The molecule has 13 heavy (non-hydrogen) atoms. The number of unbranched alkanes of at least 4 members (excludes halogenated alkanes) is 1. The van der Waals surface area contributed by atoms with Gasteiger partial charge in [-0.05, 0) is 19.8 Å². The molecule has 0 fully saturated rings. The highest BCUT2D eigenvalue weighted by atomic mass is 15.4. The molecule has 0 aliphatic heterocycles. The largest absolute Gasteiger partial charge is 0.249 e. The van der Waals surface area contributed by atoms with Crippen molar-refractivity contribution in [3.05, 3.63) is 11.4 Å². The van der Waals surface area contributed by atoms with Crippen molar-refractivity contribution in [3.63, 3.8) is 0 Å². The molecule has 0 atom stereocenters. The molecular formula is C10H19N3. The van der Waals surface area contributed by atoms with Gasteiger partial charge in [0, 0.05) is 6.54 Å². The molecule has 0 aliphatic rings. The molecule has 1 rings (SSSR count). The van der Waals surface area contributed by atoms with Gasteiger partial charge in [0.15, 0.2) is 0 Å². The zero-order valence-electron chi connectivity index (χ0n) is 8.88. The van der Waals surface area contributed by atoms with Crippen LogP contribution in [0.15, 0.2) is 0 Å². The summed E-state index contributed by atoms with van der Waals surface area (Å²) in [6.07, 6.45) is 4.67. The minimum Gasteiger partial charge on any atom is -0.249 e. The Morgan fingerprint density at radius 1 is 1.23 bits per heavy atom. The lowest BCUT2D eigenvalue weighted by atomic mass is 10.2. The van der Waals surface area contributed by atoms with Gasteiger partial charge in [-0.15, -0.1) is 5.10 Å². The fraction of sp³-hybridized carbons (Fsp3) is 0.800. The number of nitrogens with zero attached hydrogens (tertiary/aromatic N) is 3. The predicted molar refractivity (Wildman–Crippen MR) is 53.7 cm³/mol. The van der Waals surface area contributed by atoms with Crippen LogP contribution in [0, 0.1) is 6.92 Å². The number of hydrogen-bond acceptors (Lipinski definition) is 2. The summed E-state index contributed by atoms with van der Waals surface area (Å²) in [4.78, 5) is 0. The fourth-order valence-electron chi connectivity index (χ4n) is 1.45. The molecule has 0 radical (unpaired) electrons. The third kappa shape index (κ3) is 2.54. The average Bonchev–Trinajstić information content (AvgIpc) is 2.46. The lowest BCUT2D eigenvalue weighted by Gasteiger charge is -2.04. The average molecular weight is 181 g/mol. The maximum atomic E-state index is 4.14. The minimum atomic E-state index is 1.02. The van der Waals surface area contributed by atoms with E-state index in [1.54, 1.807) is 0 Å². The molecule has 74 valence electrons. The Balaban J connectivity index is 2.68. The molecule has 3 heteroatoms. The van der Waals surface area contributed by atoms with Crippen LogP contribution in [0.4, 0.5) is 0 Å². The van der Waals surface area contributed by atoms with Gasteiger partial charge >= 0.3 is 0 Å². The van der Waals surface area contributed by atoms with Crippen LogP contribution >= 0.6 is 0 Å². The highest BCUT2D eigenvalue weighted by Crippen LogP contribution is 2.08. The van der Waals surface area contributed by atoms with Crippen LogP contribution < -0.4 is 0 Å². The quantitative estimate of drug-likeness (QED) is 0.698. The van der Waals surface area contributed by atoms with Crippen LogP contribution in [-0.2, 0) is 13.0 Å². The zero-order chi connectivity index (χ0) is 9.68. The second-order valence-corrected chi connectivity index (χ2v) is 3.45. The summed E-state index contributed by atoms with van der Waals surface area (Å²) in [5.74, 6) is 0. The van der Waals surface area contributed by atoms with Gasteiger partial charge in [0.25, 0.3) is 0 Å². The van der Waals surface area contributed by atoms with Crippen LogP contribution in [0.2, 0.25) is 0 Å². The van der Waals surface area contributed by atoms with Crippen molar-refractivity contribution < 1.29 is 0 Å². The number of aromatic nitrogens is 3. The Bertz CT molecular complexity index is 253. The van der Waals surface area contributed by atoms with Crippen molar-refractivity contribution in [1.29, 1.82) is 0 Å². The topological polar surface area (TPSA) is 30.7 Å². The van der Waals surface area contributed by atoms with Crippen LogP contribution in [0.25, 0.3) is 0 Å². The van der Waals surface area contributed by atoms with Crippen LogP contribution in [0.5, 0.6) is 0 Å². The molecule has 0 unspecified atom stereocenters. The fourth-order valence-corrected chi connectivity index (χ4v) is 1.45. The van der Waals surface area contributed by atoms with Crippen LogP contribution in [0.1, 0.15) is 44.5 Å². The summed E-state index contributed by atoms with van der Waals surface area (Å²) >= 11 is 0. The van der Waals surface area contributed by atoms with E-state index >= 15 is 0 Å². The second-order valence-electron chi connectivity index (χ2n) is 3.45. The van der Waals surface area contributed by atoms with Gasteiger partial charge in [-0.3, -0.25) is 0 Å². The lowest BCUT2D eigenvalue weighted by molar-refractivity contribution is 0.530. The Kier molecular flexibility index (Phi) is 3.93. The van der Waals surface area contributed by atoms with Gasteiger partial charge < -0.3 is 0 Å². The third-order valence-corrected chi connectivity index (χ3v) is 2.24. The molecule has 0 amide bonds. The minimum absolute atomic E-state index is 1.02. The standard InChI is InChI=1S/C10H19N3/c1-4-6-8-13-10(7-5-2)9(3)11-12-13/h4-8H2,1-3H3. The summed E-state index contributed by atoms with van der Waals surface area (Å²) in [5.41, 5.74) is 2.41. The summed E-state index contributed by atoms with van der Waals surface area (Å²) in [6, 6.07) is 0. The predicted octanol–water partition coefficient (Wildman–Crippen LogP) is 2.34. The van der Waals surface area contributed by atoms with Crippen molar-refractivity contribution in [3.8, 4) is 0 Å². The van der Waals surface area contributed by atoms with Gasteiger partial charge in [-0.25, -0.2) is 4.68 Å². The first kappa shape index (κ1) is 10.2. The van der Waals surface area contributed by atoms with E-state index in [9.17, 15) is 0 Å². The van der Waals surface area contributed by atoms with E-state index in [1.807, 2.05) is 6.92 Å². The molecule has 3 nitrogen and oxygen atoms in total. The van der Waals surface area contributed by atoms with E-state index in [2.05, 4.69) is 28.8 Å². The number of aryl methyl sites for hydroxylation is 2. The van der Waals surface area contributed by atoms with E-state index in [-0.39, 0.29) is 0 Å². The molecule has 0 aromatic carbocycles. The molecule has 1 heterocycles. The summed E-state index contributed by atoms with van der Waals surface area (Å²) in [5, 5.41) is 8.24. The summed E-state index contributed by atoms with van der Waals surface area (Å²) in [6.45, 7) is 7.45. The Hall–Kier alpha value is -0.860. The molecule has 0 saturated carbocycles. The second kappa shape index (κ2) is 5.00. The molecule has 0 bridgehead atoms. The first-order valence-corrected chi connectivity index (χ1v) is 5.18. The van der Waals surface area contributed by atoms with E-state index in [1.165, 1.54) is 25.0 Å². The highest BCUT2D eigenvalue weighted by Gasteiger charge is 2.06.